The fourth-order valence-electron chi connectivity index (χ4n) is 3.44. The number of nitriles is 1. The summed E-state index contributed by atoms with van der Waals surface area (Å²) in [5.74, 6) is 2.32. The molecule has 2 rings (SSSR count). The van der Waals surface area contributed by atoms with Crippen LogP contribution < -0.4 is 0 Å². The molecule has 1 aliphatic rings. The van der Waals surface area contributed by atoms with Crippen molar-refractivity contribution in [3.8, 4) is 6.07 Å². The van der Waals surface area contributed by atoms with Crippen LogP contribution in [0.1, 0.15) is 71.7 Å². The van der Waals surface area contributed by atoms with Gasteiger partial charge in [0.2, 0.25) is 0 Å². The minimum Gasteiger partial charge on any atom is -0.330 e. The molecule has 3 nitrogen and oxygen atoms in total. The molecule has 1 aromatic rings. The summed E-state index contributed by atoms with van der Waals surface area (Å²) in [6.45, 7) is 11.3. The lowest BCUT2D eigenvalue weighted by Crippen LogP contribution is -2.33. The Hall–Kier alpha value is -1.30. The van der Waals surface area contributed by atoms with Gasteiger partial charge < -0.3 is 4.57 Å². The van der Waals surface area contributed by atoms with Gasteiger partial charge in [0.15, 0.2) is 0 Å². The molecule has 0 aliphatic heterocycles. The molecule has 0 saturated heterocycles. The van der Waals surface area contributed by atoms with E-state index in [0.717, 1.165) is 18.7 Å². The summed E-state index contributed by atoms with van der Waals surface area (Å²) in [5.41, 5.74) is 0.317. The highest BCUT2D eigenvalue weighted by Gasteiger charge is 2.37. The minimum absolute atomic E-state index is 0.125. The first-order valence-electron chi connectivity index (χ1n) is 7.77. The second-order valence-corrected chi connectivity index (χ2v) is 7.53. The van der Waals surface area contributed by atoms with E-state index in [1.165, 1.54) is 6.42 Å². The van der Waals surface area contributed by atoms with Crippen LogP contribution in [-0.2, 0) is 0 Å². The van der Waals surface area contributed by atoms with Gasteiger partial charge in [0.25, 0.3) is 0 Å². The zero-order valence-corrected chi connectivity index (χ0v) is 13.4. The number of hydrogen-bond donors (Lipinski definition) is 0. The van der Waals surface area contributed by atoms with Gasteiger partial charge in [0, 0.05) is 18.3 Å². The third kappa shape index (κ3) is 2.90. The van der Waals surface area contributed by atoms with Gasteiger partial charge in [-0.2, -0.15) is 5.26 Å². The normalized spacial score (nSPS) is 27.6. The van der Waals surface area contributed by atoms with Crippen molar-refractivity contribution < 1.29 is 0 Å². The third-order valence-corrected chi connectivity index (χ3v) is 4.78. The van der Waals surface area contributed by atoms with Gasteiger partial charge in [-0.1, -0.05) is 34.6 Å². The molecule has 0 bridgehead atoms. The summed E-state index contributed by atoms with van der Waals surface area (Å²) in [7, 11) is 0. The van der Waals surface area contributed by atoms with E-state index in [0.29, 0.717) is 17.3 Å². The van der Waals surface area contributed by atoms with Crippen molar-refractivity contribution in [2.45, 2.75) is 65.8 Å². The Morgan fingerprint density at radius 2 is 2.05 bits per heavy atom. The predicted octanol–water partition coefficient (Wildman–Crippen LogP) is 4.53. The van der Waals surface area contributed by atoms with Crippen LogP contribution in [0.25, 0.3) is 0 Å². The van der Waals surface area contributed by atoms with Gasteiger partial charge in [0.05, 0.1) is 18.0 Å². The van der Waals surface area contributed by atoms with Crippen LogP contribution in [0, 0.1) is 28.6 Å². The van der Waals surface area contributed by atoms with E-state index in [1.807, 2.05) is 6.20 Å². The molecule has 110 valence electrons. The molecule has 3 unspecified atom stereocenters. The van der Waals surface area contributed by atoms with E-state index in [9.17, 15) is 5.26 Å². The van der Waals surface area contributed by atoms with E-state index >= 15 is 0 Å². The molecule has 1 saturated carbocycles. The van der Waals surface area contributed by atoms with Gasteiger partial charge in [-0.05, 0) is 30.6 Å². The summed E-state index contributed by atoms with van der Waals surface area (Å²) < 4.78 is 2.27. The standard InChI is InChI=1S/C17H27N3/c1-12(2)16-19-8-9-20(16)15-10-14(17(3,4)5)7-6-13(15)11-18/h8-9,12-15H,6-7,10H2,1-5H3. The van der Waals surface area contributed by atoms with Gasteiger partial charge >= 0.3 is 0 Å². The number of rotatable bonds is 2. The smallest absolute Gasteiger partial charge is 0.111 e. The van der Waals surface area contributed by atoms with Crippen molar-refractivity contribution in [3.05, 3.63) is 18.2 Å². The second-order valence-electron chi connectivity index (χ2n) is 7.53. The number of hydrogen-bond acceptors (Lipinski definition) is 2. The lowest BCUT2D eigenvalue weighted by Gasteiger charge is -2.40. The zero-order valence-electron chi connectivity index (χ0n) is 13.4. The number of imidazole rings is 1. The van der Waals surface area contributed by atoms with Crippen LogP contribution in [0.3, 0.4) is 0 Å². The Labute approximate surface area is 123 Å². The fourth-order valence-corrected chi connectivity index (χ4v) is 3.44. The van der Waals surface area contributed by atoms with Crippen LogP contribution in [0.2, 0.25) is 0 Å². The Morgan fingerprint density at radius 3 is 2.60 bits per heavy atom. The molecule has 1 fully saturated rings. The molecule has 3 atom stereocenters. The SMILES string of the molecule is CC(C)c1nccn1C1CC(C(C)(C)C)CCC1C#N. The second kappa shape index (κ2) is 5.60. The summed E-state index contributed by atoms with van der Waals surface area (Å²) in [6.07, 6.45) is 7.22. The van der Waals surface area contributed by atoms with E-state index in [1.54, 1.807) is 0 Å². The maximum Gasteiger partial charge on any atom is 0.111 e. The highest BCUT2D eigenvalue weighted by molar-refractivity contribution is 5.06. The van der Waals surface area contributed by atoms with Gasteiger partial charge in [-0.3, -0.25) is 0 Å². The van der Waals surface area contributed by atoms with Crippen molar-refractivity contribution in [3.63, 3.8) is 0 Å². The first-order valence-corrected chi connectivity index (χ1v) is 7.77. The summed E-state index contributed by atoms with van der Waals surface area (Å²) in [6, 6.07) is 2.82. The zero-order chi connectivity index (χ0) is 14.9. The average molecular weight is 273 g/mol. The number of nitrogens with zero attached hydrogens (tertiary/aromatic N) is 3. The van der Waals surface area contributed by atoms with Gasteiger partial charge in [-0.15, -0.1) is 0 Å². The maximum atomic E-state index is 9.50. The van der Waals surface area contributed by atoms with Gasteiger partial charge in [-0.25, -0.2) is 4.98 Å². The maximum absolute atomic E-state index is 9.50. The van der Waals surface area contributed by atoms with Crippen LogP contribution in [0.4, 0.5) is 0 Å². The van der Waals surface area contributed by atoms with E-state index in [-0.39, 0.29) is 12.0 Å². The Bertz CT molecular complexity index is 487. The predicted molar refractivity (Wildman–Crippen MR) is 81.3 cm³/mol. The first kappa shape index (κ1) is 15.1. The monoisotopic (exact) mass is 273 g/mol. The van der Waals surface area contributed by atoms with Crippen LogP contribution in [0.5, 0.6) is 0 Å². The molecule has 0 spiro atoms. The molecule has 3 heteroatoms. The minimum atomic E-state index is 0.125. The Balaban J connectivity index is 2.30. The highest BCUT2D eigenvalue weighted by atomic mass is 15.1. The fraction of sp³-hybridized carbons (Fsp3) is 0.765. The van der Waals surface area contributed by atoms with Crippen molar-refractivity contribution in [2.75, 3.05) is 0 Å². The van der Waals surface area contributed by atoms with Gasteiger partial charge in [0.1, 0.15) is 5.82 Å². The molecule has 0 radical (unpaired) electrons. The molecular weight excluding hydrogens is 246 g/mol. The molecule has 0 aromatic carbocycles. The molecule has 1 aliphatic carbocycles. The van der Waals surface area contributed by atoms with Crippen molar-refractivity contribution in [1.82, 2.24) is 9.55 Å². The largest absolute Gasteiger partial charge is 0.330 e. The van der Waals surface area contributed by atoms with Crippen molar-refractivity contribution >= 4 is 0 Å². The van der Waals surface area contributed by atoms with E-state index < -0.39 is 0 Å². The lowest BCUT2D eigenvalue weighted by atomic mass is 9.68. The van der Waals surface area contributed by atoms with E-state index in [2.05, 4.69) is 56.4 Å². The van der Waals surface area contributed by atoms with Crippen molar-refractivity contribution in [1.29, 1.82) is 5.26 Å². The average Bonchev–Trinajstić information content (AvgIpc) is 2.86. The van der Waals surface area contributed by atoms with Crippen LogP contribution in [-0.4, -0.2) is 9.55 Å². The Morgan fingerprint density at radius 1 is 1.35 bits per heavy atom. The summed E-state index contributed by atoms with van der Waals surface area (Å²) in [5, 5.41) is 9.50. The van der Waals surface area contributed by atoms with Crippen LogP contribution in [0.15, 0.2) is 12.4 Å². The first-order chi connectivity index (χ1) is 9.34. The lowest BCUT2D eigenvalue weighted by molar-refractivity contribution is 0.120. The topological polar surface area (TPSA) is 41.6 Å². The van der Waals surface area contributed by atoms with E-state index in [4.69, 9.17) is 0 Å². The number of aromatic nitrogens is 2. The highest BCUT2D eigenvalue weighted by Crippen LogP contribution is 2.45. The molecule has 1 heterocycles. The molecule has 0 amide bonds. The molecular formula is C17H27N3. The van der Waals surface area contributed by atoms with Crippen molar-refractivity contribution in [2.24, 2.45) is 17.3 Å². The molecule has 0 N–H and O–H groups in total. The Kier molecular flexibility index (Phi) is 4.22. The summed E-state index contributed by atoms with van der Waals surface area (Å²) >= 11 is 0. The molecule has 1 aromatic heterocycles. The quantitative estimate of drug-likeness (QED) is 0.794. The third-order valence-electron chi connectivity index (χ3n) is 4.78. The van der Waals surface area contributed by atoms with Crippen LogP contribution >= 0.6 is 0 Å². The molecule has 20 heavy (non-hydrogen) atoms. The summed E-state index contributed by atoms with van der Waals surface area (Å²) in [4.78, 5) is 4.50.